The Morgan fingerprint density at radius 3 is 2.56 bits per heavy atom. The van der Waals surface area contributed by atoms with Crippen molar-refractivity contribution in [1.29, 1.82) is 0 Å². The van der Waals surface area contributed by atoms with Gasteiger partial charge in [-0.2, -0.15) is 0 Å². The van der Waals surface area contributed by atoms with E-state index in [1.54, 1.807) is 6.07 Å². The second-order valence-corrected chi connectivity index (χ2v) is 5.44. The van der Waals surface area contributed by atoms with Crippen LogP contribution in [0.5, 0.6) is 0 Å². The summed E-state index contributed by atoms with van der Waals surface area (Å²) in [6.07, 6.45) is 0.927. The molecule has 0 unspecified atom stereocenters. The zero-order valence-electron chi connectivity index (χ0n) is 9.69. The molecular weight excluding hydrogens is 225 g/mol. The summed E-state index contributed by atoms with van der Waals surface area (Å²) < 4.78 is 12.9. The first-order chi connectivity index (χ1) is 7.53. The molecule has 0 aliphatic carbocycles. The summed E-state index contributed by atoms with van der Waals surface area (Å²) in [6.45, 7) is 6.52. The van der Waals surface area contributed by atoms with E-state index < -0.39 is 0 Å². The molecule has 0 atom stereocenters. The maximum absolute atomic E-state index is 12.9. The molecule has 0 spiro atoms. The number of hydrogen-bond acceptors (Lipinski definition) is 1. The summed E-state index contributed by atoms with van der Waals surface area (Å²) >= 11 is 6.06. The molecule has 1 aromatic rings. The molecule has 1 aliphatic rings. The van der Waals surface area contributed by atoms with E-state index in [4.69, 9.17) is 11.6 Å². The van der Waals surface area contributed by atoms with Crippen LogP contribution in [0.1, 0.15) is 19.4 Å². The third-order valence-electron chi connectivity index (χ3n) is 3.74. The van der Waals surface area contributed by atoms with Crippen LogP contribution in [0.4, 0.5) is 4.39 Å². The van der Waals surface area contributed by atoms with Gasteiger partial charge in [0.1, 0.15) is 5.82 Å². The quantitative estimate of drug-likeness (QED) is 0.857. The first-order valence-corrected chi connectivity index (χ1v) is 6.06. The normalized spacial score (nSPS) is 18.6. The summed E-state index contributed by atoms with van der Waals surface area (Å²) in [5.41, 5.74) is 1.35. The first kappa shape index (κ1) is 11.9. The predicted octanol–water partition coefficient (Wildman–Crippen LogP) is 3.27. The SMILES string of the molecule is CC(C)C1(Cc2ccc(F)cc2Cl)CNC1. The second-order valence-electron chi connectivity index (χ2n) is 5.03. The van der Waals surface area contributed by atoms with Gasteiger partial charge in [0.05, 0.1) is 0 Å². The monoisotopic (exact) mass is 241 g/mol. The summed E-state index contributed by atoms with van der Waals surface area (Å²) in [4.78, 5) is 0. The molecular formula is C13H17ClFN. The average molecular weight is 242 g/mol. The van der Waals surface area contributed by atoms with Crippen molar-refractivity contribution in [3.8, 4) is 0 Å². The number of rotatable bonds is 3. The minimum absolute atomic E-state index is 0.265. The van der Waals surface area contributed by atoms with Crippen molar-refractivity contribution in [3.05, 3.63) is 34.6 Å². The van der Waals surface area contributed by atoms with E-state index in [0.717, 1.165) is 25.1 Å². The standard InChI is InChI=1S/C13H17ClFN/c1-9(2)13(7-16-8-13)6-10-3-4-11(15)5-12(10)14/h3-5,9,16H,6-8H2,1-2H3. The van der Waals surface area contributed by atoms with Crippen molar-refractivity contribution < 1.29 is 4.39 Å². The highest BCUT2D eigenvalue weighted by Crippen LogP contribution is 2.37. The fourth-order valence-corrected chi connectivity index (χ4v) is 2.46. The highest BCUT2D eigenvalue weighted by Gasteiger charge is 2.40. The van der Waals surface area contributed by atoms with Crippen molar-refractivity contribution in [2.45, 2.75) is 20.3 Å². The molecule has 88 valence electrons. The van der Waals surface area contributed by atoms with Gasteiger partial charge in [-0.15, -0.1) is 0 Å². The molecule has 1 aromatic carbocycles. The van der Waals surface area contributed by atoms with E-state index in [9.17, 15) is 4.39 Å². The van der Waals surface area contributed by atoms with Gasteiger partial charge in [0, 0.05) is 23.5 Å². The summed E-state index contributed by atoms with van der Waals surface area (Å²) in [5, 5.41) is 3.87. The Labute approximate surface area is 101 Å². The first-order valence-electron chi connectivity index (χ1n) is 5.68. The van der Waals surface area contributed by atoms with Crippen molar-refractivity contribution in [1.82, 2.24) is 5.32 Å². The lowest BCUT2D eigenvalue weighted by molar-refractivity contribution is 0.0995. The number of benzene rings is 1. The Hall–Kier alpha value is -0.600. The number of nitrogens with one attached hydrogen (secondary N) is 1. The Morgan fingerprint density at radius 2 is 2.12 bits per heavy atom. The Morgan fingerprint density at radius 1 is 1.44 bits per heavy atom. The van der Waals surface area contributed by atoms with E-state index in [1.807, 2.05) is 0 Å². The van der Waals surface area contributed by atoms with Crippen LogP contribution < -0.4 is 5.32 Å². The van der Waals surface area contributed by atoms with Crippen molar-refractivity contribution in [2.24, 2.45) is 11.3 Å². The van der Waals surface area contributed by atoms with E-state index >= 15 is 0 Å². The van der Waals surface area contributed by atoms with Gasteiger partial charge in [-0.05, 0) is 30.0 Å². The van der Waals surface area contributed by atoms with Crippen LogP contribution in [0.15, 0.2) is 18.2 Å². The number of halogens is 2. The van der Waals surface area contributed by atoms with Gasteiger partial charge in [-0.1, -0.05) is 31.5 Å². The lowest BCUT2D eigenvalue weighted by Crippen LogP contribution is -2.57. The van der Waals surface area contributed by atoms with E-state index in [1.165, 1.54) is 12.1 Å². The van der Waals surface area contributed by atoms with Crippen molar-refractivity contribution >= 4 is 11.6 Å². The zero-order chi connectivity index (χ0) is 11.8. The van der Waals surface area contributed by atoms with Gasteiger partial charge in [-0.25, -0.2) is 4.39 Å². The molecule has 1 fully saturated rings. The molecule has 0 aromatic heterocycles. The molecule has 2 rings (SSSR count). The van der Waals surface area contributed by atoms with E-state index in [2.05, 4.69) is 19.2 Å². The maximum atomic E-state index is 12.9. The maximum Gasteiger partial charge on any atom is 0.124 e. The molecule has 16 heavy (non-hydrogen) atoms. The Bertz CT molecular complexity index is 386. The Kier molecular flexibility index (Phi) is 3.22. The number of hydrogen-bond donors (Lipinski definition) is 1. The van der Waals surface area contributed by atoms with Gasteiger partial charge in [0.15, 0.2) is 0 Å². The predicted molar refractivity (Wildman–Crippen MR) is 65.3 cm³/mol. The fourth-order valence-electron chi connectivity index (χ4n) is 2.23. The fraction of sp³-hybridized carbons (Fsp3) is 0.538. The summed E-state index contributed by atoms with van der Waals surface area (Å²) in [7, 11) is 0. The van der Waals surface area contributed by atoms with Crippen molar-refractivity contribution in [2.75, 3.05) is 13.1 Å². The average Bonchev–Trinajstić information content (AvgIpc) is 2.13. The van der Waals surface area contributed by atoms with Crippen LogP contribution in [0.3, 0.4) is 0 Å². The molecule has 0 radical (unpaired) electrons. The molecule has 1 nitrogen and oxygen atoms in total. The largest absolute Gasteiger partial charge is 0.315 e. The van der Waals surface area contributed by atoms with Crippen molar-refractivity contribution in [3.63, 3.8) is 0 Å². The molecule has 3 heteroatoms. The molecule has 0 saturated carbocycles. The van der Waals surface area contributed by atoms with Gasteiger partial charge < -0.3 is 5.32 Å². The lowest BCUT2D eigenvalue weighted by Gasteiger charge is -2.46. The smallest absolute Gasteiger partial charge is 0.124 e. The van der Waals surface area contributed by atoms with Crippen LogP contribution in [-0.2, 0) is 6.42 Å². The summed E-state index contributed by atoms with van der Waals surface area (Å²) in [5.74, 6) is 0.342. The minimum atomic E-state index is -0.265. The van der Waals surface area contributed by atoms with Crippen LogP contribution >= 0.6 is 11.6 Å². The lowest BCUT2D eigenvalue weighted by atomic mass is 9.68. The highest BCUT2D eigenvalue weighted by molar-refractivity contribution is 6.31. The van der Waals surface area contributed by atoms with Gasteiger partial charge in [0.2, 0.25) is 0 Å². The molecule has 1 heterocycles. The third kappa shape index (κ3) is 2.09. The van der Waals surface area contributed by atoms with E-state index in [-0.39, 0.29) is 5.82 Å². The third-order valence-corrected chi connectivity index (χ3v) is 4.09. The van der Waals surface area contributed by atoms with Gasteiger partial charge in [0.25, 0.3) is 0 Å². The molecule has 1 N–H and O–H groups in total. The molecule has 0 bridgehead atoms. The van der Waals surface area contributed by atoms with Crippen LogP contribution in [0.25, 0.3) is 0 Å². The summed E-state index contributed by atoms with van der Waals surface area (Å²) in [6, 6.07) is 4.69. The topological polar surface area (TPSA) is 12.0 Å². The van der Waals surface area contributed by atoms with E-state index in [0.29, 0.717) is 16.4 Å². The van der Waals surface area contributed by atoms with Crippen LogP contribution in [0, 0.1) is 17.2 Å². The minimum Gasteiger partial charge on any atom is -0.315 e. The molecule has 1 saturated heterocycles. The second kappa shape index (κ2) is 4.34. The Balaban J connectivity index is 2.20. The van der Waals surface area contributed by atoms with Gasteiger partial charge in [-0.3, -0.25) is 0 Å². The molecule has 1 aliphatic heterocycles. The highest BCUT2D eigenvalue weighted by atomic mass is 35.5. The molecule has 0 amide bonds. The van der Waals surface area contributed by atoms with Crippen LogP contribution in [-0.4, -0.2) is 13.1 Å². The zero-order valence-corrected chi connectivity index (χ0v) is 10.4. The van der Waals surface area contributed by atoms with Gasteiger partial charge >= 0.3 is 0 Å². The van der Waals surface area contributed by atoms with Crippen LogP contribution in [0.2, 0.25) is 5.02 Å².